The van der Waals surface area contributed by atoms with E-state index < -0.39 is 5.72 Å². The summed E-state index contributed by atoms with van der Waals surface area (Å²) in [4.78, 5) is 4.08. The van der Waals surface area contributed by atoms with Crippen LogP contribution in [0, 0.1) is 5.92 Å². The monoisotopic (exact) mass is 168 g/mol. The summed E-state index contributed by atoms with van der Waals surface area (Å²) in [5, 5.41) is 3.18. The molecule has 1 aliphatic rings. The maximum atomic E-state index is 5.42. The molecular formula is C9H16N2O. The van der Waals surface area contributed by atoms with Gasteiger partial charge in [0.15, 0.2) is 5.72 Å². The third kappa shape index (κ3) is 1.50. The van der Waals surface area contributed by atoms with Crippen LogP contribution < -0.4 is 5.32 Å². The summed E-state index contributed by atoms with van der Waals surface area (Å²) in [5.41, 5.74) is -0.399. The van der Waals surface area contributed by atoms with Crippen LogP contribution in [-0.2, 0) is 4.74 Å². The summed E-state index contributed by atoms with van der Waals surface area (Å²) < 4.78 is 5.42. The molecule has 0 saturated heterocycles. The van der Waals surface area contributed by atoms with E-state index in [4.69, 9.17) is 4.74 Å². The van der Waals surface area contributed by atoms with Gasteiger partial charge in [0.25, 0.3) is 0 Å². The van der Waals surface area contributed by atoms with Crippen LogP contribution >= 0.6 is 0 Å². The van der Waals surface area contributed by atoms with Crippen LogP contribution in [0.2, 0.25) is 0 Å². The van der Waals surface area contributed by atoms with Crippen LogP contribution in [0.25, 0.3) is 0 Å². The van der Waals surface area contributed by atoms with Crippen molar-refractivity contribution in [1.29, 1.82) is 0 Å². The number of nitrogens with zero attached hydrogens (tertiary/aromatic N) is 1. The fraction of sp³-hybridized carbons (Fsp3) is 0.667. The highest BCUT2D eigenvalue weighted by Crippen LogP contribution is 2.21. The van der Waals surface area contributed by atoms with Crippen molar-refractivity contribution >= 4 is 6.21 Å². The van der Waals surface area contributed by atoms with Crippen LogP contribution in [0.15, 0.2) is 17.4 Å². The molecule has 0 amide bonds. The SMILES string of the molecule is CCC(C)C1(OC)C=NC=CN1. The zero-order valence-corrected chi connectivity index (χ0v) is 7.87. The molecule has 2 atom stereocenters. The van der Waals surface area contributed by atoms with Gasteiger partial charge >= 0.3 is 0 Å². The second kappa shape index (κ2) is 3.72. The first-order chi connectivity index (χ1) is 5.75. The molecule has 0 fully saturated rings. The summed E-state index contributed by atoms with van der Waals surface area (Å²) in [6.07, 6.45) is 6.41. The van der Waals surface area contributed by atoms with E-state index >= 15 is 0 Å². The summed E-state index contributed by atoms with van der Waals surface area (Å²) in [6, 6.07) is 0. The standard InChI is InChI=1S/C9H16N2O/c1-4-8(2)9(12-3)7-10-5-6-11-9/h5-8,11H,4H2,1-3H3. The van der Waals surface area contributed by atoms with E-state index in [2.05, 4.69) is 24.2 Å². The lowest BCUT2D eigenvalue weighted by Gasteiger charge is -2.35. The largest absolute Gasteiger partial charge is 0.358 e. The first-order valence-electron chi connectivity index (χ1n) is 4.27. The molecular weight excluding hydrogens is 152 g/mol. The maximum absolute atomic E-state index is 5.42. The van der Waals surface area contributed by atoms with E-state index in [9.17, 15) is 0 Å². The molecule has 1 rings (SSSR count). The number of methoxy groups -OCH3 is 1. The van der Waals surface area contributed by atoms with E-state index in [1.807, 2.05) is 12.4 Å². The van der Waals surface area contributed by atoms with E-state index in [1.54, 1.807) is 13.3 Å². The van der Waals surface area contributed by atoms with Crippen molar-refractivity contribution in [2.75, 3.05) is 7.11 Å². The molecule has 0 aromatic heterocycles. The van der Waals surface area contributed by atoms with E-state index in [1.165, 1.54) is 0 Å². The average molecular weight is 168 g/mol. The molecule has 0 radical (unpaired) electrons. The molecule has 1 N–H and O–H groups in total. The van der Waals surface area contributed by atoms with Gasteiger partial charge in [0.05, 0.1) is 6.21 Å². The van der Waals surface area contributed by atoms with Gasteiger partial charge in [-0.05, 0) is 6.42 Å². The second-order valence-corrected chi connectivity index (χ2v) is 3.04. The minimum Gasteiger partial charge on any atom is -0.358 e. The van der Waals surface area contributed by atoms with Crippen LogP contribution in [0.5, 0.6) is 0 Å². The molecule has 3 nitrogen and oxygen atoms in total. The normalized spacial score (nSPS) is 29.9. The summed E-state index contributed by atoms with van der Waals surface area (Å²) >= 11 is 0. The van der Waals surface area contributed by atoms with Crippen molar-refractivity contribution in [3.05, 3.63) is 12.4 Å². The van der Waals surface area contributed by atoms with Crippen molar-refractivity contribution in [3.8, 4) is 0 Å². The molecule has 12 heavy (non-hydrogen) atoms. The Morgan fingerprint density at radius 1 is 1.67 bits per heavy atom. The van der Waals surface area contributed by atoms with Gasteiger partial charge in [0.1, 0.15) is 0 Å². The van der Waals surface area contributed by atoms with Gasteiger partial charge in [-0.1, -0.05) is 13.8 Å². The first-order valence-corrected chi connectivity index (χ1v) is 4.27. The van der Waals surface area contributed by atoms with Crippen molar-refractivity contribution in [2.45, 2.75) is 26.0 Å². The molecule has 0 spiro atoms. The van der Waals surface area contributed by atoms with Crippen molar-refractivity contribution < 1.29 is 4.74 Å². The Morgan fingerprint density at radius 2 is 2.42 bits per heavy atom. The van der Waals surface area contributed by atoms with Crippen molar-refractivity contribution in [3.63, 3.8) is 0 Å². The van der Waals surface area contributed by atoms with Gasteiger partial charge in [0.2, 0.25) is 0 Å². The fourth-order valence-electron chi connectivity index (χ4n) is 1.29. The molecule has 3 heteroatoms. The zero-order chi connectivity index (χ0) is 9.03. The third-order valence-electron chi connectivity index (χ3n) is 2.42. The highest BCUT2D eigenvalue weighted by Gasteiger charge is 2.33. The highest BCUT2D eigenvalue weighted by atomic mass is 16.5. The molecule has 0 saturated carbocycles. The van der Waals surface area contributed by atoms with Gasteiger partial charge in [-0.15, -0.1) is 0 Å². The van der Waals surface area contributed by atoms with Crippen LogP contribution in [0.3, 0.4) is 0 Å². The number of rotatable bonds is 3. The molecule has 0 bridgehead atoms. The van der Waals surface area contributed by atoms with Gasteiger partial charge in [-0.25, -0.2) is 0 Å². The second-order valence-electron chi connectivity index (χ2n) is 3.04. The summed E-state index contributed by atoms with van der Waals surface area (Å²) in [6.45, 7) is 4.28. The van der Waals surface area contributed by atoms with Crippen LogP contribution in [0.4, 0.5) is 0 Å². The lowest BCUT2D eigenvalue weighted by atomic mass is 9.95. The molecule has 0 aromatic rings. The Morgan fingerprint density at radius 3 is 2.83 bits per heavy atom. The quantitative estimate of drug-likeness (QED) is 0.693. The molecule has 68 valence electrons. The number of hydrogen-bond acceptors (Lipinski definition) is 3. The molecule has 1 aliphatic heterocycles. The maximum Gasteiger partial charge on any atom is 0.176 e. The summed E-state index contributed by atoms with van der Waals surface area (Å²) in [7, 11) is 1.70. The molecule has 0 aliphatic carbocycles. The van der Waals surface area contributed by atoms with Crippen molar-refractivity contribution in [1.82, 2.24) is 5.32 Å². The van der Waals surface area contributed by atoms with Crippen molar-refractivity contribution in [2.24, 2.45) is 10.9 Å². The van der Waals surface area contributed by atoms with Gasteiger partial charge in [0, 0.05) is 25.4 Å². The lowest BCUT2D eigenvalue weighted by Crippen LogP contribution is -2.52. The Hall–Kier alpha value is -0.830. The number of nitrogens with one attached hydrogen (secondary N) is 1. The Balaban J connectivity index is 2.76. The van der Waals surface area contributed by atoms with E-state index in [0.717, 1.165) is 6.42 Å². The fourth-order valence-corrected chi connectivity index (χ4v) is 1.29. The van der Waals surface area contributed by atoms with E-state index in [-0.39, 0.29) is 0 Å². The topological polar surface area (TPSA) is 33.6 Å². The zero-order valence-electron chi connectivity index (χ0n) is 7.87. The molecule has 2 unspecified atom stereocenters. The van der Waals surface area contributed by atoms with Gasteiger partial charge in [-0.3, -0.25) is 4.99 Å². The molecule has 0 aromatic carbocycles. The summed E-state index contributed by atoms with van der Waals surface area (Å²) in [5.74, 6) is 0.413. The smallest absolute Gasteiger partial charge is 0.176 e. The Kier molecular flexibility index (Phi) is 2.87. The minimum absolute atomic E-state index is 0.399. The average Bonchev–Trinajstić information content (AvgIpc) is 2.17. The predicted octanol–water partition coefficient (Wildman–Crippen LogP) is 1.52. The highest BCUT2D eigenvalue weighted by molar-refractivity contribution is 5.70. The number of hydrogen-bond donors (Lipinski definition) is 1. The lowest BCUT2D eigenvalue weighted by molar-refractivity contribution is -0.00968. The Bertz CT molecular complexity index is 201. The molecule has 1 heterocycles. The first kappa shape index (κ1) is 9.26. The number of ether oxygens (including phenoxy) is 1. The third-order valence-corrected chi connectivity index (χ3v) is 2.42. The van der Waals surface area contributed by atoms with E-state index in [0.29, 0.717) is 5.92 Å². The Labute approximate surface area is 73.5 Å². The van der Waals surface area contributed by atoms with Crippen LogP contribution in [0.1, 0.15) is 20.3 Å². The predicted molar refractivity (Wildman–Crippen MR) is 50.0 cm³/mol. The number of aliphatic imine (C=N–C) groups is 1. The van der Waals surface area contributed by atoms with Gasteiger partial charge < -0.3 is 10.1 Å². The minimum atomic E-state index is -0.399. The van der Waals surface area contributed by atoms with Crippen LogP contribution in [-0.4, -0.2) is 19.0 Å². The van der Waals surface area contributed by atoms with Gasteiger partial charge in [-0.2, -0.15) is 0 Å².